The first-order valence-corrected chi connectivity index (χ1v) is 6.99. The molecular weight excluding hydrogens is 256 g/mol. The van der Waals surface area contributed by atoms with E-state index in [1.54, 1.807) is 12.1 Å². The summed E-state index contributed by atoms with van der Waals surface area (Å²) in [4.78, 5) is 10.8. The van der Waals surface area contributed by atoms with Crippen molar-refractivity contribution in [3.8, 4) is 0 Å². The number of hydrogen-bond donors (Lipinski definition) is 1. The molecule has 1 aliphatic carbocycles. The zero-order valence-corrected chi connectivity index (χ0v) is 12.5. The van der Waals surface area contributed by atoms with Gasteiger partial charge in [-0.25, -0.2) is 0 Å². The van der Waals surface area contributed by atoms with Gasteiger partial charge < -0.3 is 10.1 Å². The fourth-order valence-electron chi connectivity index (χ4n) is 2.73. The van der Waals surface area contributed by atoms with E-state index in [-0.39, 0.29) is 28.2 Å². The van der Waals surface area contributed by atoms with Gasteiger partial charge in [0.15, 0.2) is 0 Å². The lowest BCUT2D eigenvalue weighted by Gasteiger charge is -2.51. The van der Waals surface area contributed by atoms with Gasteiger partial charge in [-0.05, 0) is 31.9 Å². The second kappa shape index (κ2) is 5.40. The highest BCUT2D eigenvalue weighted by atomic mass is 16.6. The monoisotopic (exact) mass is 278 g/mol. The van der Waals surface area contributed by atoms with E-state index in [1.807, 2.05) is 19.9 Å². The van der Waals surface area contributed by atoms with Crippen LogP contribution >= 0.6 is 0 Å². The third-order valence-corrected chi connectivity index (χ3v) is 4.22. The first kappa shape index (κ1) is 14.8. The van der Waals surface area contributed by atoms with Crippen molar-refractivity contribution in [3.63, 3.8) is 0 Å². The summed E-state index contributed by atoms with van der Waals surface area (Å²) < 4.78 is 5.69. The summed E-state index contributed by atoms with van der Waals surface area (Å²) >= 11 is 0. The van der Waals surface area contributed by atoms with E-state index in [9.17, 15) is 10.1 Å². The Hall–Kier alpha value is -1.62. The molecule has 2 rings (SSSR count). The number of hydrogen-bond acceptors (Lipinski definition) is 4. The van der Waals surface area contributed by atoms with Crippen LogP contribution in [0.3, 0.4) is 0 Å². The van der Waals surface area contributed by atoms with Gasteiger partial charge in [0.1, 0.15) is 5.69 Å². The molecule has 1 aromatic rings. The molecule has 0 spiro atoms. The van der Waals surface area contributed by atoms with Crippen molar-refractivity contribution >= 4 is 11.4 Å². The molecule has 0 bridgehead atoms. The third-order valence-electron chi connectivity index (χ3n) is 4.22. The number of rotatable bonds is 5. The maximum Gasteiger partial charge on any atom is 0.292 e. The van der Waals surface area contributed by atoms with E-state index in [4.69, 9.17) is 4.74 Å². The lowest BCUT2D eigenvalue weighted by atomic mass is 9.64. The summed E-state index contributed by atoms with van der Waals surface area (Å²) in [5.41, 5.74) is 1.72. The highest BCUT2D eigenvalue weighted by molar-refractivity contribution is 5.63. The van der Waals surface area contributed by atoms with Gasteiger partial charge in [0.25, 0.3) is 5.69 Å². The van der Waals surface area contributed by atoms with E-state index in [2.05, 4.69) is 19.2 Å². The van der Waals surface area contributed by atoms with Crippen molar-refractivity contribution in [2.24, 2.45) is 5.41 Å². The number of benzene rings is 1. The molecule has 1 fully saturated rings. The SMILES string of the molecule is CCOC1CC(Nc2cc(C)ccc2[N+](=O)[O-])C1(C)C. The lowest BCUT2D eigenvalue weighted by Crippen LogP contribution is -2.58. The minimum Gasteiger partial charge on any atom is -0.378 e. The molecule has 0 heterocycles. The molecule has 20 heavy (non-hydrogen) atoms. The standard InChI is InChI=1S/C15H22N2O3/c1-5-20-14-9-13(15(14,3)4)16-11-8-10(2)6-7-12(11)17(18)19/h6-8,13-14,16H,5,9H2,1-4H3. The smallest absolute Gasteiger partial charge is 0.292 e. The number of nitrogens with one attached hydrogen (secondary N) is 1. The fourth-order valence-corrected chi connectivity index (χ4v) is 2.73. The van der Waals surface area contributed by atoms with Crippen molar-refractivity contribution in [2.75, 3.05) is 11.9 Å². The Morgan fingerprint density at radius 2 is 2.20 bits per heavy atom. The molecule has 110 valence electrons. The van der Waals surface area contributed by atoms with Gasteiger partial charge in [0.05, 0.1) is 11.0 Å². The summed E-state index contributed by atoms with van der Waals surface area (Å²) in [5, 5.41) is 14.4. The van der Waals surface area contributed by atoms with Crippen LogP contribution in [-0.2, 0) is 4.74 Å². The molecule has 1 aliphatic rings. The van der Waals surface area contributed by atoms with Gasteiger partial charge >= 0.3 is 0 Å². The lowest BCUT2D eigenvalue weighted by molar-refractivity contribution is -0.384. The van der Waals surface area contributed by atoms with Crippen molar-refractivity contribution in [1.29, 1.82) is 0 Å². The average molecular weight is 278 g/mol. The van der Waals surface area contributed by atoms with Crippen molar-refractivity contribution in [2.45, 2.75) is 46.3 Å². The van der Waals surface area contributed by atoms with Crippen LogP contribution in [-0.4, -0.2) is 23.7 Å². The molecule has 1 N–H and O–H groups in total. The molecule has 1 aromatic carbocycles. The minimum atomic E-state index is -0.340. The average Bonchev–Trinajstić information content (AvgIpc) is 2.37. The Labute approximate surface area is 119 Å². The summed E-state index contributed by atoms with van der Waals surface area (Å²) in [7, 11) is 0. The summed E-state index contributed by atoms with van der Waals surface area (Å²) in [6, 6.07) is 5.35. The highest BCUT2D eigenvalue weighted by Crippen LogP contribution is 2.45. The number of anilines is 1. The normalized spacial score (nSPS) is 24.0. The Morgan fingerprint density at radius 1 is 1.50 bits per heavy atom. The first-order chi connectivity index (χ1) is 9.36. The fraction of sp³-hybridized carbons (Fsp3) is 0.600. The molecule has 5 nitrogen and oxygen atoms in total. The van der Waals surface area contributed by atoms with Crippen molar-refractivity contribution in [1.82, 2.24) is 0 Å². The zero-order chi connectivity index (χ0) is 14.9. The van der Waals surface area contributed by atoms with Crippen LogP contribution in [0, 0.1) is 22.5 Å². The molecule has 0 aromatic heterocycles. The third kappa shape index (κ3) is 2.63. The topological polar surface area (TPSA) is 64.4 Å². The Bertz CT molecular complexity index is 514. The van der Waals surface area contributed by atoms with Crippen LogP contribution in [0.2, 0.25) is 0 Å². The molecule has 2 atom stereocenters. The molecule has 0 radical (unpaired) electrons. The van der Waals surface area contributed by atoms with Gasteiger partial charge in [0, 0.05) is 24.1 Å². The van der Waals surface area contributed by atoms with Crippen molar-refractivity contribution < 1.29 is 9.66 Å². The van der Waals surface area contributed by atoms with Gasteiger partial charge in [-0.2, -0.15) is 0 Å². The number of nitrogens with zero attached hydrogens (tertiary/aromatic N) is 1. The van der Waals surface area contributed by atoms with E-state index >= 15 is 0 Å². The Balaban J connectivity index is 2.16. The Kier molecular flexibility index (Phi) is 3.99. The number of aryl methyl sites for hydroxylation is 1. The van der Waals surface area contributed by atoms with Gasteiger partial charge in [-0.3, -0.25) is 10.1 Å². The number of nitro groups is 1. The van der Waals surface area contributed by atoms with Crippen LogP contribution in [0.1, 0.15) is 32.8 Å². The molecule has 5 heteroatoms. The predicted octanol–water partition coefficient (Wildman–Crippen LogP) is 3.52. The highest BCUT2D eigenvalue weighted by Gasteiger charge is 2.49. The van der Waals surface area contributed by atoms with Crippen LogP contribution in [0.4, 0.5) is 11.4 Å². The number of ether oxygens (including phenoxy) is 1. The maximum absolute atomic E-state index is 11.1. The van der Waals surface area contributed by atoms with Crippen LogP contribution in [0.5, 0.6) is 0 Å². The molecule has 1 saturated carbocycles. The molecular formula is C15H22N2O3. The van der Waals surface area contributed by atoms with E-state index in [0.717, 1.165) is 12.0 Å². The van der Waals surface area contributed by atoms with E-state index < -0.39 is 0 Å². The van der Waals surface area contributed by atoms with E-state index in [0.29, 0.717) is 12.3 Å². The summed E-state index contributed by atoms with van der Waals surface area (Å²) in [6.45, 7) is 8.89. The second-order valence-corrected chi connectivity index (χ2v) is 5.98. The molecule has 0 saturated heterocycles. The van der Waals surface area contributed by atoms with Crippen LogP contribution in [0.25, 0.3) is 0 Å². The molecule has 2 unspecified atom stereocenters. The van der Waals surface area contributed by atoms with Crippen LogP contribution < -0.4 is 5.32 Å². The minimum absolute atomic E-state index is 0.0202. The summed E-state index contributed by atoms with van der Waals surface area (Å²) in [5.74, 6) is 0. The summed E-state index contributed by atoms with van der Waals surface area (Å²) in [6.07, 6.45) is 1.10. The van der Waals surface area contributed by atoms with Gasteiger partial charge in [0.2, 0.25) is 0 Å². The predicted molar refractivity (Wildman–Crippen MR) is 79.1 cm³/mol. The molecule has 0 amide bonds. The first-order valence-electron chi connectivity index (χ1n) is 6.99. The molecule has 0 aliphatic heterocycles. The largest absolute Gasteiger partial charge is 0.378 e. The maximum atomic E-state index is 11.1. The second-order valence-electron chi connectivity index (χ2n) is 5.98. The van der Waals surface area contributed by atoms with E-state index in [1.165, 1.54) is 0 Å². The quantitative estimate of drug-likeness (QED) is 0.661. The van der Waals surface area contributed by atoms with Crippen molar-refractivity contribution in [3.05, 3.63) is 33.9 Å². The van der Waals surface area contributed by atoms with Crippen LogP contribution in [0.15, 0.2) is 18.2 Å². The number of nitro benzene ring substituents is 1. The van der Waals surface area contributed by atoms with Gasteiger partial charge in [-0.15, -0.1) is 0 Å². The van der Waals surface area contributed by atoms with Gasteiger partial charge in [-0.1, -0.05) is 19.9 Å². The zero-order valence-electron chi connectivity index (χ0n) is 12.5. The Morgan fingerprint density at radius 3 is 2.75 bits per heavy atom.